The lowest BCUT2D eigenvalue weighted by molar-refractivity contribution is 0.285. The SMILES string of the molecule is Cc1nnc(CNc2cc(OCC3CC3c3ccc4ncccc4n3)ncn2)s1. The molecule has 0 spiro atoms. The molecule has 5 rings (SSSR count). The summed E-state index contributed by atoms with van der Waals surface area (Å²) in [4.78, 5) is 17.5. The van der Waals surface area contributed by atoms with Gasteiger partial charge < -0.3 is 10.1 Å². The lowest BCUT2D eigenvalue weighted by atomic mass is 10.2. The van der Waals surface area contributed by atoms with Gasteiger partial charge in [-0.2, -0.15) is 0 Å². The Labute approximate surface area is 171 Å². The predicted octanol–water partition coefficient (Wildman–Crippen LogP) is 3.37. The number of fused-ring (bicyclic) bond motifs is 1. The van der Waals surface area contributed by atoms with Crippen LogP contribution >= 0.6 is 11.3 Å². The molecular formula is C20H19N7OS. The molecule has 9 heteroatoms. The van der Waals surface area contributed by atoms with Crippen LogP contribution in [-0.2, 0) is 6.54 Å². The lowest BCUT2D eigenvalue weighted by Gasteiger charge is -2.07. The van der Waals surface area contributed by atoms with E-state index in [1.807, 2.05) is 31.2 Å². The summed E-state index contributed by atoms with van der Waals surface area (Å²) in [5, 5.41) is 13.2. The lowest BCUT2D eigenvalue weighted by Crippen LogP contribution is -2.05. The summed E-state index contributed by atoms with van der Waals surface area (Å²) in [6, 6.07) is 9.83. The maximum Gasteiger partial charge on any atom is 0.218 e. The molecule has 1 saturated carbocycles. The highest BCUT2D eigenvalue weighted by Crippen LogP contribution is 2.47. The number of hydrogen-bond acceptors (Lipinski definition) is 9. The standard InChI is InChI=1S/C20H19N7OS/c1-12-26-27-20(29-12)9-22-18-8-19(24-11-23-18)28-10-13-7-14(13)15-4-5-16-17(25-15)3-2-6-21-16/h2-6,8,11,13-14H,7,9-10H2,1H3,(H,22,23,24). The van der Waals surface area contributed by atoms with E-state index in [2.05, 4.69) is 36.5 Å². The third kappa shape index (κ3) is 4.14. The van der Waals surface area contributed by atoms with Crippen molar-refractivity contribution in [2.45, 2.75) is 25.8 Å². The van der Waals surface area contributed by atoms with Crippen LogP contribution in [0.2, 0.25) is 0 Å². The normalized spacial score (nSPS) is 18.0. The van der Waals surface area contributed by atoms with Gasteiger partial charge >= 0.3 is 0 Å². The molecule has 4 heterocycles. The van der Waals surface area contributed by atoms with Crippen LogP contribution in [0.1, 0.15) is 28.0 Å². The maximum atomic E-state index is 5.91. The zero-order valence-corrected chi connectivity index (χ0v) is 16.6. The highest BCUT2D eigenvalue weighted by atomic mass is 32.1. The highest BCUT2D eigenvalue weighted by molar-refractivity contribution is 7.11. The second kappa shape index (κ2) is 7.67. The van der Waals surface area contributed by atoms with E-state index < -0.39 is 0 Å². The quantitative estimate of drug-likeness (QED) is 0.500. The van der Waals surface area contributed by atoms with E-state index in [9.17, 15) is 0 Å². The minimum absolute atomic E-state index is 0.430. The monoisotopic (exact) mass is 405 g/mol. The second-order valence-corrected chi connectivity index (χ2v) is 8.27. The fourth-order valence-corrected chi connectivity index (χ4v) is 3.90. The largest absolute Gasteiger partial charge is 0.477 e. The highest BCUT2D eigenvalue weighted by Gasteiger charge is 2.40. The van der Waals surface area contributed by atoms with E-state index in [4.69, 9.17) is 9.72 Å². The summed E-state index contributed by atoms with van der Waals surface area (Å²) >= 11 is 1.56. The summed E-state index contributed by atoms with van der Waals surface area (Å²) in [5.74, 6) is 2.16. The van der Waals surface area contributed by atoms with Gasteiger partial charge in [0.15, 0.2) is 0 Å². The summed E-state index contributed by atoms with van der Waals surface area (Å²) in [5.41, 5.74) is 2.97. The topological polar surface area (TPSA) is 98.6 Å². The number of ether oxygens (including phenoxy) is 1. The molecule has 0 aromatic carbocycles. The van der Waals surface area contributed by atoms with Crippen molar-refractivity contribution >= 4 is 28.2 Å². The molecule has 8 nitrogen and oxygen atoms in total. The Bertz CT molecular complexity index is 1150. The Morgan fingerprint density at radius 1 is 1.14 bits per heavy atom. The van der Waals surface area contributed by atoms with Gasteiger partial charge in [-0.25, -0.2) is 9.97 Å². The van der Waals surface area contributed by atoms with Crippen LogP contribution in [0.15, 0.2) is 42.9 Å². The average Bonchev–Trinajstić information content (AvgIpc) is 3.42. The van der Waals surface area contributed by atoms with E-state index >= 15 is 0 Å². The van der Waals surface area contributed by atoms with Crippen LogP contribution in [-0.4, -0.2) is 36.7 Å². The summed E-state index contributed by atoms with van der Waals surface area (Å²) in [6.45, 7) is 3.13. The maximum absolute atomic E-state index is 5.91. The number of aromatic nitrogens is 6. The summed E-state index contributed by atoms with van der Waals surface area (Å²) in [6.07, 6.45) is 4.37. The van der Waals surface area contributed by atoms with Crippen molar-refractivity contribution in [3.05, 3.63) is 58.6 Å². The molecule has 4 aromatic heterocycles. The van der Waals surface area contributed by atoms with E-state index in [1.165, 1.54) is 6.33 Å². The van der Waals surface area contributed by atoms with Crippen molar-refractivity contribution in [3.8, 4) is 5.88 Å². The van der Waals surface area contributed by atoms with Crippen LogP contribution in [0.5, 0.6) is 5.88 Å². The molecule has 1 aliphatic carbocycles. The van der Waals surface area contributed by atoms with E-state index in [0.29, 0.717) is 36.7 Å². The first-order chi connectivity index (χ1) is 14.2. The van der Waals surface area contributed by atoms with Crippen molar-refractivity contribution in [1.29, 1.82) is 0 Å². The van der Waals surface area contributed by atoms with Gasteiger partial charge in [0.25, 0.3) is 0 Å². The van der Waals surface area contributed by atoms with Gasteiger partial charge in [0.2, 0.25) is 5.88 Å². The summed E-state index contributed by atoms with van der Waals surface area (Å²) < 4.78 is 5.91. The number of hydrogen-bond donors (Lipinski definition) is 1. The fraction of sp³-hybridized carbons (Fsp3) is 0.300. The Morgan fingerprint density at radius 2 is 2.10 bits per heavy atom. The van der Waals surface area contributed by atoms with Crippen LogP contribution in [0.25, 0.3) is 11.0 Å². The molecule has 0 saturated heterocycles. The molecule has 2 atom stereocenters. The zero-order valence-electron chi connectivity index (χ0n) is 15.8. The van der Waals surface area contributed by atoms with Crippen molar-refractivity contribution in [2.24, 2.45) is 5.92 Å². The number of nitrogens with zero attached hydrogens (tertiary/aromatic N) is 6. The van der Waals surface area contributed by atoms with Crippen LogP contribution < -0.4 is 10.1 Å². The van der Waals surface area contributed by atoms with Gasteiger partial charge in [0, 0.05) is 29.8 Å². The molecule has 1 aliphatic rings. The van der Waals surface area contributed by atoms with Crippen molar-refractivity contribution in [1.82, 2.24) is 30.1 Å². The third-order valence-electron chi connectivity index (χ3n) is 4.86. The number of nitrogens with one attached hydrogen (secondary N) is 1. The Morgan fingerprint density at radius 3 is 3.00 bits per heavy atom. The Balaban J connectivity index is 1.16. The molecule has 0 radical (unpaired) electrons. The Kier molecular flexibility index (Phi) is 4.73. The van der Waals surface area contributed by atoms with Crippen molar-refractivity contribution in [2.75, 3.05) is 11.9 Å². The van der Waals surface area contributed by atoms with Crippen molar-refractivity contribution in [3.63, 3.8) is 0 Å². The van der Waals surface area contributed by atoms with Crippen LogP contribution in [0.3, 0.4) is 0 Å². The zero-order chi connectivity index (χ0) is 19.6. The van der Waals surface area contributed by atoms with Crippen molar-refractivity contribution < 1.29 is 4.74 Å². The van der Waals surface area contributed by atoms with E-state index in [0.717, 1.165) is 33.2 Å². The molecule has 4 aromatic rings. The minimum atomic E-state index is 0.430. The van der Waals surface area contributed by atoms with E-state index in [-0.39, 0.29) is 0 Å². The molecule has 0 aliphatic heterocycles. The molecule has 0 bridgehead atoms. The molecule has 1 fully saturated rings. The van der Waals surface area contributed by atoms with E-state index in [1.54, 1.807) is 17.5 Å². The second-order valence-electron chi connectivity index (χ2n) is 7.00. The molecule has 1 N–H and O–H groups in total. The predicted molar refractivity (Wildman–Crippen MR) is 110 cm³/mol. The smallest absolute Gasteiger partial charge is 0.218 e. The number of anilines is 1. The first-order valence-corrected chi connectivity index (χ1v) is 10.3. The number of rotatable bonds is 7. The summed E-state index contributed by atoms with van der Waals surface area (Å²) in [7, 11) is 0. The fourth-order valence-electron chi connectivity index (χ4n) is 3.26. The first-order valence-electron chi connectivity index (χ1n) is 9.44. The molecule has 0 amide bonds. The Hall–Kier alpha value is -3.20. The van der Waals surface area contributed by atoms with Crippen LogP contribution in [0, 0.1) is 12.8 Å². The van der Waals surface area contributed by atoms with Gasteiger partial charge in [0.1, 0.15) is 22.2 Å². The minimum Gasteiger partial charge on any atom is -0.477 e. The van der Waals surface area contributed by atoms with Gasteiger partial charge in [-0.15, -0.1) is 10.2 Å². The molecule has 29 heavy (non-hydrogen) atoms. The average molecular weight is 405 g/mol. The van der Waals surface area contributed by atoms with Crippen LogP contribution in [0.4, 0.5) is 5.82 Å². The van der Waals surface area contributed by atoms with Gasteiger partial charge in [-0.3, -0.25) is 9.97 Å². The number of pyridine rings is 2. The molecule has 146 valence electrons. The van der Waals surface area contributed by atoms with Gasteiger partial charge in [-0.1, -0.05) is 11.3 Å². The molecular weight excluding hydrogens is 386 g/mol. The first kappa shape index (κ1) is 17.9. The van der Waals surface area contributed by atoms with Gasteiger partial charge in [-0.05, 0) is 37.6 Å². The molecule has 2 unspecified atom stereocenters. The number of aryl methyl sites for hydroxylation is 1. The van der Waals surface area contributed by atoms with Gasteiger partial charge in [0.05, 0.1) is 24.2 Å². The third-order valence-corrected chi connectivity index (χ3v) is 5.69.